The highest BCUT2D eigenvalue weighted by Gasteiger charge is 2.48. The first kappa shape index (κ1) is 22.8. The van der Waals surface area contributed by atoms with Gasteiger partial charge < -0.3 is 14.6 Å². The monoisotopic (exact) mass is 478 g/mol. The van der Waals surface area contributed by atoms with Gasteiger partial charge in [-0.2, -0.15) is 0 Å². The smallest absolute Gasteiger partial charge is 0.338 e. The van der Waals surface area contributed by atoms with Gasteiger partial charge in [0.25, 0.3) is 0 Å². The topological polar surface area (TPSA) is 71.9 Å². The molecule has 3 unspecified atom stereocenters. The van der Waals surface area contributed by atoms with Crippen molar-refractivity contribution >= 4 is 28.5 Å². The molecule has 0 spiro atoms. The van der Waals surface area contributed by atoms with Crippen molar-refractivity contribution in [3.8, 4) is 5.75 Å². The number of halogens is 1. The number of rotatable bonds is 6. The minimum absolute atomic E-state index is 0.0843. The molecule has 2 aromatic carbocycles. The molecule has 3 fully saturated rings. The molecule has 2 bridgehead atoms. The molecule has 3 aromatic rings. The maximum Gasteiger partial charge on any atom is 0.338 e. The van der Waals surface area contributed by atoms with Crippen LogP contribution in [0.3, 0.4) is 0 Å². The number of ether oxygens (including phenoxy) is 2. The highest BCUT2D eigenvalue weighted by atomic mass is 35.5. The lowest BCUT2D eigenvalue weighted by atomic mass is 9.72. The number of aliphatic hydroxyl groups excluding tert-OH is 1. The van der Waals surface area contributed by atoms with Gasteiger partial charge in [-0.1, -0.05) is 17.7 Å². The molecule has 176 valence electrons. The van der Waals surface area contributed by atoms with Gasteiger partial charge in [0, 0.05) is 41.7 Å². The van der Waals surface area contributed by atoms with Crippen LogP contribution >= 0.6 is 11.6 Å². The molecule has 6 rings (SSSR count). The number of piperidine rings is 3. The van der Waals surface area contributed by atoms with Crippen LogP contribution in [0.15, 0.2) is 67.4 Å². The molecule has 6 atom stereocenters. The highest BCUT2D eigenvalue weighted by molar-refractivity contribution is 6.30. The lowest BCUT2D eigenvalue weighted by molar-refractivity contribution is -0.113. The molecular weight excluding hydrogens is 452 g/mol. The third-order valence-electron chi connectivity index (χ3n) is 7.18. The number of hydrogen-bond donors (Lipinski definition) is 1. The SMILES string of the molecule is C=C[C@H]1CN2CC(OC(=O)c3ccc(Cl)cc3)C1C[C@H]2[C@H](O)c1ccnc2ccc(OC)cc12. The molecule has 1 N–H and O–H groups in total. The average Bonchev–Trinajstić information content (AvgIpc) is 2.87. The van der Waals surface area contributed by atoms with E-state index < -0.39 is 6.10 Å². The number of esters is 1. The van der Waals surface area contributed by atoms with Crippen LogP contribution < -0.4 is 4.74 Å². The van der Waals surface area contributed by atoms with Crippen molar-refractivity contribution in [1.82, 2.24) is 9.88 Å². The first-order valence-corrected chi connectivity index (χ1v) is 11.8. The van der Waals surface area contributed by atoms with Gasteiger partial charge >= 0.3 is 5.97 Å². The van der Waals surface area contributed by atoms with E-state index in [9.17, 15) is 9.90 Å². The zero-order valence-electron chi connectivity index (χ0n) is 18.9. The Bertz CT molecular complexity index is 1210. The minimum Gasteiger partial charge on any atom is -0.497 e. The van der Waals surface area contributed by atoms with E-state index in [0.29, 0.717) is 23.6 Å². The molecule has 7 heteroatoms. The molecular formula is C27H27ClN2O4. The molecule has 1 aromatic heterocycles. The van der Waals surface area contributed by atoms with Gasteiger partial charge in [-0.15, -0.1) is 6.58 Å². The minimum atomic E-state index is -0.709. The zero-order chi connectivity index (χ0) is 23.8. The Hall–Kier alpha value is -2.93. The molecule has 34 heavy (non-hydrogen) atoms. The van der Waals surface area contributed by atoms with Crippen LogP contribution in [0.4, 0.5) is 0 Å². The summed E-state index contributed by atoms with van der Waals surface area (Å²) >= 11 is 5.94. The van der Waals surface area contributed by atoms with Crippen molar-refractivity contribution in [3.05, 3.63) is 83.5 Å². The molecule has 0 amide bonds. The summed E-state index contributed by atoms with van der Waals surface area (Å²) in [6.45, 7) is 5.35. The van der Waals surface area contributed by atoms with Crippen molar-refractivity contribution in [2.24, 2.45) is 11.8 Å². The second-order valence-electron chi connectivity index (χ2n) is 9.00. The number of carbonyl (C=O) groups excluding carboxylic acids is 1. The Morgan fingerprint density at radius 2 is 2.03 bits per heavy atom. The summed E-state index contributed by atoms with van der Waals surface area (Å²) in [5, 5.41) is 13.0. The summed E-state index contributed by atoms with van der Waals surface area (Å²) in [7, 11) is 1.63. The van der Waals surface area contributed by atoms with Crippen LogP contribution in [0.2, 0.25) is 5.02 Å². The van der Waals surface area contributed by atoms with Crippen molar-refractivity contribution in [1.29, 1.82) is 0 Å². The molecule has 0 saturated carbocycles. The predicted octanol–water partition coefficient (Wildman–Crippen LogP) is 4.66. The predicted molar refractivity (Wildman–Crippen MR) is 131 cm³/mol. The van der Waals surface area contributed by atoms with Crippen molar-refractivity contribution < 1.29 is 19.4 Å². The van der Waals surface area contributed by atoms with Gasteiger partial charge in [0.2, 0.25) is 0 Å². The molecule has 6 nitrogen and oxygen atoms in total. The molecule has 3 saturated heterocycles. The number of nitrogens with zero attached hydrogens (tertiary/aromatic N) is 2. The normalized spacial score (nSPS) is 26.7. The maximum atomic E-state index is 12.8. The summed E-state index contributed by atoms with van der Waals surface area (Å²) in [4.78, 5) is 19.4. The van der Waals surface area contributed by atoms with Crippen LogP contribution in [0.5, 0.6) is 5.75 Å². The fourth-order valence-corrected chi connectivity index (χ4v) is 5.51. The summed E-state index contributed by atoms with van der Waals surface area (Å²) in [5.41, 5.74) is 2.11. The highest BCUT2D eigenvalue weighted by Crippen LogP contribution is 2.43. The average molecular weight is 479 g/mol. The molecule has 0 radical (unpaired) electrons. The Labute approximate surface area is 203 Å². The first-order chi connectivity index (χ1) is 16.5. The van der Waals surface area contributed by atoms with E-state index in [1.165, 1.54) is 0 Å². The van der Waals surface area contributed by atoms with E-state index in [0.717, 1.165) is 28.8 Å². The number of aromatic nitrogens is 1. The van der Waals surface area contributed by atoms with Crippen molar-refractivity contribution in [2.45, 2.75) is 24.7 Å². The molecule has 3 aliphatic heterocycles. The molecule has 4 heterocycles. The van der Waals surface area contributed by atoms with Gasteiger partial charge in [-0.05, 0) is 66.4 Å². The van der Waals surface area contributed by atoms with Crippen LogP contribution in [-0.2, 0) is 4.74 Å². The van der Waals surface area contributed by atoms with E-state index in [-0.39, 0.29) is 30.0 Å². The van der Waals surface area contributed by atoms with E-state index in [4.69, 9.17) is 21.1 Å². The van der Waals surface area contributed by atoms with E-state index in [2.05, 4.69) is 16.5 Å². The first-order valence-electron chi connectivity index (χ1n) is 11.4. The lowest BCUT2D eigenvalue weighted by Crippen LogP contribution is -2.61. The standard InChI is InChI=1S/C27H27ClN2O4/c1-3-16-14-30-15-25(34-27(32)17-4-6-18(28)7-5-17)21(16)13-24(30)26(31)20-10-11-29-23-9-8-19(33-2)12-22(20)23/h3-12,16,21,24-26,31H,1,13-15H2,2H3/t16-,21?,24-,25?,26+/m0/s1. The fraction of sp³-hybridized carbons (Fsp3) is 0.333. The molecule has 0 aliphatic carbocycles. The van der Waals surface area contributed by atoms with Crippen molar-refractivity contribution in [3.63, 3.8) is 0 Å². The maximum absolute atomic E-state index is 12.8. The number of benzene rings is 2. The van der Waals surface area contributed by atoms with E-state index in [1.54, 1.807) is 37.6 Å². The lowest BCUT2D eigenvalue weighted by Gasteiger charge is -2.53. The summed E-state index contributed by atoms with van der Waals surface area (Å²) in [6, 6.07) is 14.2. The Morgan fingerprint density at radius 3 is 2.74 bits per heavy atom. The van der Waals surface area contributed by atoms with Crippen LogP contribution in [0, 0.1) is 11.8 Å². The van der Waals surface area contributed by atoms with E-state index >= 15 is 0 Å². The number of fused-ring (bicyclic) bond motifs is 4. The van der Waals surface area contributed by atoms with Crippen LogP contribution in [0.1, 0.15) is 28.4 Å². The van der Waals surface area contributed by atoms with Gasteiger partial charge in [0.15, 0.2) is 0 Å². The summed E-state index contributed by atoms with van der Waals surface area (Å²) in [5.74, 6) is 0.637. The molecule has 3 aliphatic rings. The second kappa shape index (κ2) is 9.37. The fourth-order valence-electron chi connectivity index (χ4n) is 5.38. The number of methoxy groups -OCH3 is 1. The van der Waals surface area contributed by atoms with Gasteiger partial charge in [-0.25, -0.2) is 4.79 Å². The Morgan fingerprint density at radius 1 is 1.24 bits per heavy atom. The van der Waals surface area contributed by atoms with E-state index in [1.807, 2.05) is 30.3 Å². The summed E-state index contributed by atoms with van der Waals surface area (Å²) in [6.07, 6.45) is 3.39. The number of hydrogen-bond acceptors (Lipinski definition) is 6. The third kappa shape index (κ3) is 4.17. The number of aliphatic hydroxyl groups is 1. The quantitative estimate of drug-likeness (QED) is 0.410. The summed E-state index contributed by atoms with van der Waals surface area (Å²) < 4.78 is 11.3. The zero-order valence-corrected chi connectivity index (χ0v) is 19.7. The Balaban J connectivity index is 1.38. The van der Waals surface area contributed by atoms with Gasteiger partial charge in [-0.3, -0.25) is 9.88 Å². The second-order valence-corrected chi connectivity index (χ2v) is 9.44. The van der Waals surface area contributed by atoms with Crippen molar-refractivity contribution in [2.75, 3.05) is 20.2 Å². The van der Waals surface area contributed by atoms with Crippen LogP contribution in [-0.4, -0.2) is 53.3 Å². The largest absolute Gasteiger partial charge is 0.497 e. The van der Waals surface area contributed by atoms with Crippen LogP contribution in [0.25, 0.3) is 10.9 Å². The third-order valence-corrected chi connectivity index (χ3v) is 7.43. The number of pyridine rings is 1. The van der Waals surface area contributed by atoms with Gasteiger partial charge in [0.05, 0.1) is 24.3 Å². The Kier molecular flexibility index (Phi) is 6.30. The number of carbonyl (C=O) groups is 1. The van der Waals surface area contributed by atoms with Gasteiger partial charge in [0.1, 0.15) is 11.9 Å².